The lowest BCUT2D eigenvalue weighted by Gasteiger charge is -2.03. The van der Waals surface area contributed by atoms with E-state index in [0.717, 1.165) is 4.88 Å². The second-order valence-corrected chi connectivity index (χ2v) is 5.34. The van der Waals surface area contributed by atoms with E-state index in [9.17, 15) is 10.1 Å². The van der Waals surface area contributed by atoms with E-state index in [0.29, 0.717) is 22.9 Å². The van der Waals surface area contributed by atoms with E-state index in [-0.39, 0.29) is 5.69 Å². The van der Waals surface area contributed by atoms with Crippen LogP contribution in [0.15, 0.2) is 35.7 Å². The molecular formula is C13H11N5O2S. The fraction of sp³-hybridized carbons (Fsp3) is 0.0769. The van der Waals surface area contributed by atoms with Crippen LogP contribution < -0.4 is 5.73 Å². The first kappa shape index (κ1) is 13.3. The van der Waals surface area contributed by atoms with Crippen LogP contribution in [0.25, 0.3) is 22.1 Å². The molecule has 3 aromatic rings. The molecule has 7 nitrogen and oxygen atoms in total. The van der Waals surface area contributed by atoms with Crippen molar-refractivity contribution in [3.8, 4) is 22.1 Å². The highest BCUT2D eigenvalue weighted by atomic mass is 32.1. The molecule has 0 aliphatic carbocycles. The van der Waals surface area contributed by atoms with E-state index in [1.807, 2.05) is 17.5 Å². The van der Waals surface area contributed by atoms with Gasteiger partial charge >= 0.3 is 0 Å². The number of thiophene rings is 1. The molecule has 2 heterocycles. The summed E-state index contributed by atoms with van der Waals surface area (Å²) in [6.45, 7) is 0. The minimum atomic E-state index is -0.478. The normalized spacial score (nSPS) is 10.7. The fourth-order valence-corrected chi connectivity index (χ4v) is 2.65. The number of nitro groups is 1. The van der Waals surface area contributed by atoms with Crippen molar-refractivity contribution < 1.29 is 4.92 Å². The summed E-state index contributed by atoms with van der Waals surface area (Å²) in [5.74, 6) is 1.19. The number of nitrogens with zero attached hydrogens (tertiary/aromatic N) is 4. The van der Waals surface area contributed by atoms with Crippen molar-refractivity contribution in [3.05, 3.63) is 45.8 Å². The highest BCUT2D eigenvalue weighted by Crippen LogP contribution is 2.30. The van der Waals surface area contributed by atoms with Crippen molar-refractivity contribution in [2.75, 3.05) is 5.73 Å². The van der Waals surface area contributed by atoms with E-state index < -0.39 is 4.92 Å². The smallest absolute Gasteiger partial charge is 0.271 e. The van der Waals surface area contributed by atoms with Crippen molar-refractivity contribution in [2.24, 2.45) is 7.05 Å². The Hall–Kier alpha value is -2.74. The molecule has 8 heteroatoms. The van der Waals surface area contributed by atoms with Gasteiger partial charge in [0, 0.05) is 30.4 Å². The summed E-state index contributed by atoms with van der Waals surface area (Å²) in [6, 6.07) is 8.19. The SMILES string of the molecule is Cn1nc(-c2cccs2)nc1-c1ccc([N+](=O)[O-])cc1N. The summed E-state index contributed by atoms with van der Waals surface area (Å²) in [4.78, 5) is 15.7. The van der Waals surface area contributed by atoms with E-state index >= 15 is 0 Å². The molecule has 0 amide bonds. The Morgan fingerprint density at radius 3 is 2.81 bits per heavy atom. The summed E-state index contributed by atoms with van der Waals surface area (Å²) >= 11 is 1.54. The molecule has 0 aliphatic heterocycles. The predicted octanol–water partition coefficient (Wildman–Crippen LogP) is 2.70. The molecule has 0 saturated heterocycles. The van der Waals surface area contributed by atoms with Crippen LogP contribution in [0.5, 0.6) is 0 Å². The van der Waals surface area contributed by atoms with Crippen LogP contribution in [-0.4, -0.2) is 19.7 Å². The van der Waals surface area contributed by atoms with Crippen molar-refractivity contribution in [3.63, 3.8) is 0 Å². The van der Waals surface area contributed by atoms with Gasteiger partial charge in [0.25, 0.3) is 5.69 Å². The molecule has 3 rings (SSSR count). The molecule has 21 heavy (non-hydrogen) atoms. The van der Waals surface area contributed by atoms with E-state index in [1.54, 1.807) is 29.1 Å². The summed E-state index contributed by atoms with van der Waals surface area (Å²) < 4.78 is 1.62. The summed E-state index contributed by atoms with van der Waals surface area (Å²) in [5, 5.41) is 17.1. The first-order valence-corrected chi connectivity index (χ1v) is 6.93. The zero-order valence-corrected chi connectivity index (χ0v) is 11.9. The third-order valence-corrected chi connectivity index (χ3v) is 3.86. The molecule has 0 spiro atoms. The summed E-state index contributed by atoms with van der Waals surface area (Å²) in [5.41, 5.74) is 6.79. The Morgan fingerprint density at radius 1 is 1.38 bits per heavy atom. The maximum absolute atomic E-state index is 10.7. The number of rotatable bonds is 3. The number of aryl methyl sites for hydroxylation is 1. The van der Waals surface area contributed by atoms with Crippen molar-refractivity contribution in [1.29, 1.82) is 0 Å². The van der Waals surface area contributed by atoms with Crippen LogP contribution in [-0.2, 0) is 7.05 Å². The molecule has 1 aromatic carbocycles. The van der Waals surface area contributed by atoms with Gasteiger partial charge in [0.2, 0.25) is 0 Å². The lowest BCUT2D eigenvalue weighted by molar-refractivity contribution is -0.384. The van der Waals surface area contributed by atoms with E-state index in [1.165, 1.54) is 12.1 Å². The molecule has 0 radical (unpaired) electrons. The molecule has 2 N–H and O–H groups in total. The fourth-order valence-electron chi connectivity index (χ4n) is 2.00. The molecule has 0 fully saturated rings. The second kappa shape index (κ2) is 4.98. The van der Waals surface area contributed by atoms with Gasteiger partial charge in [-0.25, -0.2) is 9.67 Å². The van der Waals surface area contributed by atoms with Crippen molar-refractivity contribution in [2.45, 2.75) is 0 Å². The lowest BCUT2D eigenvalue weighted by Crippen LogP contribution is -1.99. The van der Waals surface area contributed by atoms with Crippen LogP contribution in [0.1, 0.15) is 0 Å². The van der Waals surface area contributed by atoms with E-state index in [2.05, 4.69) is 10.1 Å². The Morgan fingerprint density at radius 2 is 2.19 bits per heavy atom. The second-order valence-electron chi connectivity index (χ2n) is 4.39. The highest BCUT2D eigenvalue weighted by Gasteiger charge is 2.16. The van der Waals surface area contributed by atoms with Gasteiger partial charge in [-0.15, -0.1) is 16.4 Å². The average Bonchev–Trinajstić information content (AvgIpc) is 3.08. The van der Waals surface area contributed by atoms with Gasteiger partial charge in [0.15, 0.2) is 11.6 Å². The summed E-state index contributed by atoms with van der Waals surface area (Å²) in [7, 11) is 1.76. The Bertz CT molecular complexity index is 810. The third kappa shape index (κ3) is 2.36. The lowest BCUT2D eigenvalue weighted by atomic mass is 10.1. The quantitative estimate of drug-likeness (QED) is 0.455. The number of hydrogen-bond acceptors (Lipinski definition) is 6. The molecule has 106 valence electrons. The van der Waals surface area contributed by atoms with Gasteiger partial charge < -0.3 is 5.73 Å². The zero-order chi connectivity index (χ0) is 15.0. The molecule has 0 saturated carbocycles. The molecule has 0 unspecified atom stereocenters. The molecule has 2 aromatic heterocycles. The number of aromatic nitrogens is 3. The van der Waals surface area contributed by atoms with Crippen LogP contribution in [0.2, 0.25) is 0 Å². The standard InChI is InChI=1S/C13H11N5O2S/c1-17-13(15-12(16-17)11-3-2-6-21-11)9-5-4-8(18(19)20)7-10(9)14/h2-7H,14H2,1H3. The third-order valence-electron chi connectivity index (χ3n) is 2.99. The van der Waals surface area contributed by atoms with Crippen LogP contribution in [0.4, 0.5) is 11.4 Å². The zero-order valence-electron chi connectivity index (χ0n) is 11.1. The minimum absolute atomic E-state index is 0.0445. The number of hydrogen-bond donors (Lipinski definition) is 1. The number of non-ortho nitro benzene ring substituents is 1. The first-order valence-electron chi connectivity index (χ1n) is 6.05. The van der Waals surface area contributed by atoms with Gasteiger partial charge in [-0.05, 0) is 17.5 Å². The number of nitrogens with two attached hydrogens (primary N) is 1. The highest BCUT2D eigenvalue weighted by molar-refractivity contribution is 7.13. The Balaban J connectivity index is 2.07. The topological polar surface area (TPSA) is 99.9 Å². The Labute approximate surface area is 123 Å². The molecule has 0 atom stereocenters. The molecular weight excluding hydrogens is 290 g/mol. The minimum Gasteiger partial charge on any atom is -0.398 e. The largest absolute Gasteiger partial charge is 0.398 e. The van der Waals surface area contributed by atoms with Gasteiger partial charge in [-0.2, -0.15) is 0 Å². The number of nitro benzene ring substituents is 1. The first-order chi connectivity index (χ1) is 10.1. The van der Waals surface area contributed by atoms with Crippen molar-refractivity contribution in [1.82, 2.24) is 14.8 Å². The Kier molecular flexibility index (Phi) is 3.15. The molecule has 0 aliphatic rings. The van der Waals surface area contributed by atoms with Crippen LogP contribution in [0.3, 0.4) is 0 Å². The monoisotopic (exact) mass is 301 g/mol. The summed E-state index contributed by atoms with van der Waals surface area (Å²) in [6.07, 6.45) is 0. The number of benzene rings is 1. The van der Waals surface area contributed by atoms with Crippen molar-refractivity contribution >= 4 is 22.7 Å². The van der Waals surface area contributed by atoms with Gasteiger partial charge in [-0.3, -0.25) is 10.1 Å². The van der Waals surface area contributed by atoms with Crippen LogP contribution in [0, 0.1) is 10.1 Å². The van der Waals surface area contributed by atoms with Gasteiger partial charge in [0.05, 0.1) is 9.80 Å². The van der Waals surface area contributed by atoms with E-state index in [4.69, 9.17) is 5.73 Å². The van der Waals surface area contributed by atoms with Gasteiger partial charge in [0.1, 0.15) is 0 Å². The predicted molar refractivity (Wildman–Crippen MR) is 80.8 cm³/mol. The number of anilines is 1. The maximum Gasteiger partial charge on any atom is 0.271 e. The number of nitrogen functional groups attached to an aromatic ring is 1. The molecule has 0 bridgehead atoms. The average molecular weight is 301 g/mol. The maximum atomic E-state index is 10.7. The van der Waals surface area contributed by atoms with Crippen LogP contribution >= 0.6 is 11.3 Å². The van der Waals surface area contributed by atoms with Gasteiger partial charge in [-0.1, -0.05) is 6.07 Å².